The molecule has 0 saturated carbocycles. The van der Waals surface area contributed by atoms with Crippen molar-refractivity contribution in [1.82, 2.24) is 0 Å². The van der Waals surface area contributed by atoms with E-state index in [4.69, 9.17) is 24.8 Å². The molecule has 0 radical (unpaired) electrons. The summed E-state index contributed by atoms with van der Waals surface area (Å²) in [5, 5.41) is 35.9. The van der Waals surface area contributed by atoms with Crippen LogP contribution in [0.2, 0.25) is 0 Å². The van der Waals surface area contributed by atoms with Crippen molar-refractivity contribution in [1.29, 1.82) is 0 Å². The van der Waals surface area contributed by atoms with Gasteiger partial charge in [0.25, 0.3) is 0 Å². The van der Waals surface area contributed by atoms with E-state index in [0.29, 0.717) is 6.42 Å². The van der Waals surface area contributed by atoms with Gasteiger partial charge in [-0.15, -0.1) is 0 Å². The van der Waals surface area contributed by atoms with Crippen LogP contribution in [0.1, 0.15) is 13.3 Å². The zero-order valence-corrected chi connectivity index (χ0v) is 9.58. The Morgan fingerprint density at radius 3 is 1.69 bits per heavy atom. The Labute approximate surface area is 95.4 Å². The van der Waals surface area contributed by atoms with Crippen LogP contribution in [-0.2, 0) is 9.47 Å². The summed E-state index contributed by atoms with van der Waals surface area (Å²) in [5.74, 6) is 0. The zero-order chi connectivity index (χ0) is 12.4. The molecule has 0 saturated heterocycles. The van der Waals surface area contributed by atoms with Gasteiger partial charge in [0.2, 0.25) is 0 Å². The lowest BCUT2D eigenvalue weighted by Crippen LogP contribution is -2.27. The third-order valence-electron chi connectivity index (χ3n) is 1.92. The predicted molar refractivity (Wildman–Crippen MR) is 57.0 cm³/mol. The van der Waals surface area contributed by atoms with Crippen molar-refractivity contribution in [2.45, 2.75) is 31.7 Å². The lowest BCUT2D eigenvalue weighted by atomic mass is 10.3. The van der Waals surface area contributed by atoms with Gasteiger partial charge >= 0.3 is 0 Å². The van der Waals surface area contributed by atoms with Crippen LogP contribution in [0.4, 0.5) is 0 Å². The first-order valence-electron chi connectivity index (χ1n) is 5.40. The summed E-state index contributed by atoms with van der Waals surface area (Å²) in [6.07, 6.45) is -1.62. The van der Waals surface area contributed by atoms with Crippen LogP contribution in [0.3, 0.4) is 0 Å². The Morgan fingerprint density at radius 2 is 1.25 bits per heavy atom. The lowest BCUT2D eigenvalue weighted by molar-refractivity contribution is -0.0582. The Hall–Kier alpha value is -0.240. The summed E-state index contributed by atoms with van der Waals surface area (Å²) in [5.41, 5.74) is 0. The molecule has 0 rings (SSSR count). The van der Waals surface area contributed by atoms with Gasteiger partial charge in [-0.2, -0.15) is 0 Å². The minimum atomic E-state index is -0.921. The van der Waals surface area contributed by atoms with Gasteiger partial charge < -0.3 is 29.9 Å². The average molecular weight is 238 g/mol. The van der Waals surface area contributed by atoms with E-state index in [9.17, 15) is 5.11 Å². The quantitative estimate of drug-likeness (QED) is 0.370. The highest BCUT2D eigenvalue weighted by molar-refractivity contribution is 4.56. The molecule has 98 valence electrons. The molecule has 0 spiro atoms. The number of rotatable bonds is 10. The van der Waals surface area contributed by atoms with Crippen molar-refractivity contribution in [2.75, 3.05) is 33.0 Å². The fourth-order valence-electron chi connectivity index (χ4n) is 0.899. The predicted octanol–water partition coefficient (Wildman–Crippen LogP) is -1.50. The van der Waals surface area contributed by atoms with Crippen molar-refractivity contribution < 1.29 is 29.9 Å². The third-order valence-corrected chi connectivity index (χ3v) is 1.92. The molecule has 16 heavy (non-hydrogen) atoms. The molecule has 4 N–H and O–H groups in total. The molecule has 0 heterocycles. The molecule has 0 aromatic carbocycles. The van der Waals surface area contributed by atoms with Crippen molar-refractivity contribution in [3.8, 4) is 0 Å². The number of aliphatic hydroxyl groups excluding tert-OH is 4. The number of hydrogen-bond donors (Lipinski definition) is 4. The van der Waals surface area contributed by atoms with Crippen LogP contribution < -0.4 is 0 Å². The largest absolute Gasteiger partial charge is 0.394 e. The van der Waals surface area contributed by atoms with E-state index in [1.54, 1.807) is 0 Å². The second-order valence-electron chi connectivity index (χ2n) is 3.63. The maximum atomic E-state index is 9.34. The maximum absolute atomic E-state index is 9.34. The van der Waals surface area contributed by atoms with Crippen molar-refractivity contribution in [3.05, 3.63) is 0 Å². The highest BCUT2D eigenvalue weighted by Gasteiger charge is 2.08. The van der Waals surface area contributed by atoms with E-state index in [-0.39, 0.29) is 33.0 Å². The topological polar surface area (TPSA) is 99.4 Å². The monoisotopic (exact) mass is 238 g/mol. The van der Waals surface area contributed by atoms with Gasteiger partial charge in [-0.1, -0.05) is 6.92 Å². The standard InChI is InChI=1S/C10H22O6/c1-2-8(12)4-15-6-10(14)7-16-5-9(13)3-11/h8-14H,2-7H2,1H3. The van der Waals surface area contributed by atoms with E-state index >= 15 is 0 Å². The fourth-order valence-corrected chi connectivity index (χ4v) is 0.899. The Morgan fingerprint density at radius 1 is 0.812 bits per heavy atom. The van der Waals surface area contributed by atoms with E-state index in [0.717, 1.165) is 0 Å². The van der Waals surface area contributed by atoms with Gasteiger partial charge in [0, 0.05) is 0 Å². The summed E-state index contributed by atoms with van der Waals surface area (Å²) in [4.78, 5) is 0. The Kier molecular flexibility index (Phi) is 9.80. The summed E-state index contributed by atoms with van der Waals surface area (Å²) >= 11 is 0. The molecule has 0 fully saturated rings. The third kappa shape index (κ3) is 9.02. The maximum Gasteiger partial charge on any atom is 0.101 e. The van der Waals surface area contributed by atoms with Gasteiger partial charge in [-0.25, -0.2) is 0 Å². The highest BCUT2D eigenvalue weighted by Crippen LogP contribution is 1.94. The molecular formula is C10H22O6. The van der Waals surface area contributed by atoms with Crippen molar-refractivity contribution in [2.24, 2.45) is 0 Å². The van der Waals surface area contributed by atoms with Crippen LogP contribution in [-0.4, -0.2) is 71.8 Å². The molecule has 0 aliphatic carbocycles. The minimum absolute atomic E-state index is 0.0227. The lowest BCUT2D eigenvalue weighted by Gasteiger charge is -2.14. The van der Waals surface area contributed by atoms with E-state index < -0.39 is 18.3 Å². The van der Waals surface area contributed by atoms with Crippen LogP contribution in [0.25, 0.3) is 0 Å². The molecule has 3 unspecified atom stereocenters. The highest BCUT2D eigenvalue weighted by atomic mass is 16.5. The summed E-state index contributed by atoms with van der Waals surface area (Å²) in [6.45, 7) is 1.74. The fraction of sp³-hybridized carbons (Fsp3) is 1.00. The van der Waals surface area contributed by atoms with Gasteiger partial charge in [-0.3, -0.25) is 0 Å². The molecule has 0 aromatic heterocycles. The normalized spacial score (nSPS) is 17.1. The van der Waals surface area contributed by atoms with E-state index in [1.165, 1.54) is 0 Å². The molecule has 6 nitrogen and oxygen atoms in total. The zero-order valence-electron chi connectivity index (χ0n) is 9.58. The van der Waals surface area contributed by atoms with Gasteiger partial charge in [0.15, 0.2) is 0 Å². The Bertz CT molecular complexity index is 138. The summed E-state index contributed by atoms with van der Waals surface area (Å²) < 4.78 is 9.97. The van der Waals surface area contributed by atoms with Gasteiger partial charge in [0.1, 0.15) is 12.2 Å². The second kappa shape index (κ2) is 9.95. The molecule has 0 bridgehead atoms. The van der Waals surface area contributed by atoms with Crippen molar-refractivity contribution in [3.63, 3.8) is 0 Å². The number of hydrogen-bond acceptors (Lipinski definition) is 6. The molecule has 0 aliphatic heterocycles. The van der Waals surface area contributed by atoms with E-state index in [2.05, 4.69) is 0 Å². The molecule has 6 heteroatoms. The molecule has 0 amide bonds. The van der Waals surface area contributed by atoms with Gasteiger partial charge in [-0.05, 0) is 6.42 Å². The molecular weight excluding hydrogens is 216 g/mol. The van der Waals surface area contributed by atoms with Crippen LogP contribution in [0.15, 0.2) is 0 Å². The molecule has 0 aromatic rings. The van der Waals surface area contributed by atoms with Gasteiger partial charge in [0.05, 0.1) is 39.1 Å². The number of ether oxygens (including phenoxy) is 2. The number of aliphatic hydroxyl groups is 4. The molecule has 3 atom stereocenters. The smallest absolute Gasteiger partial charge is 0.101 e. The summed E-state index contributed by atoms with van der Waals surface area (Å²) in [7, 11) is 0. The average Bonchev–Trinajstić information content (AvgIpc) is 2.28. The first-order chi connectivity index (χ1) is 7.60. The van der Waals surface area contributed by atoms with Crippen LogP contribution >= 0.6 is 0 Å². The molecule has 0 aliphatic rings. The second-order valence-corrected chi connectivity index (χ2v) is 3.63. The van der Waals surface area contributed by atoms with Crippen LogP contribution in [0, 0.1) is 0 Å². The minimum Gasteiger partial charge on any atom is -0.394 e. The van der Waals surface area contributed by atoms with E-state index in [1.807, 2.05) is 6.92 Å². The van der Waals surface area contributed by atoms with Crippen LogP contribution in [0.5, 0.6) is 0 Å². The first-order valence-corrected chi connectivity index (χ1v) is 5.40. The summed E-state index contributed by atoms with van der Waals surface area (Å²) in [6, 6.07) is 0. The van der Waals surface area contributed by atoms with Crippen molar-refractivity contribution >= 4 is 0 Å². The first kappa shape index (κ1) is 15.8. The SMILES string of the molecule is CCC(O)COCC(O)COCC(O)CO. The Balaban J connectivity index is 3.34.